The number of carbonyl (C=O) groups is 2. The van der Waals surface area contributed by atoms with Crippen LogP contribution in [0.2, 0.25) is 0 Å². The van der Waals surface area contributed by atoms with Crippen LogP contribution in [0.1, 0.15) is 32.1 Å². The number of piperidine rings is 1. The van der Waals surface area contributed by atoms with Gasteiger partial charge >= 0.3 is 0 Å². The molecule has 0 saturated carbocycles. The average molecular weight is 303 g/mol. The molecule has 0 aromatic carbocycles. The summed E-state index contributed by atoms with van der Waals surface area (Å²) in [5.41, 5.74) is 0.495. The van der Waals surface area contributed by atoms with E-state index in [2.05, 4.69) is 10.2 Å². The normalized spacial score (nSPS) is 22.7. The van der Waals surface area contributed by atoms with Crippen LogP contribution in [0.3, 0.4) is 0 Å². The van der Waals surface area contributed by atoms with Gasteiger partial charge < -0.3 is 4.90 Å². The summed E-state index contributed by atoms with van der Waals surface area (Å²) in [6, 6.07) is 2.03. The molecule has 1 aromatic rings. The Balaban J connectivity index is 1.74. The summed E-state index contributed by atoms with van der Waals surface area (Å²) in [4.78, 5) is 26.2. The maximum atomic E-state index is 12.8. The van der Waals surface area contributed by atoms with Gasteiger partial charge in [-0.15, -0.1) is 0 Å². The number of amides is 2. The van der Waals surface area contributed by atoms with Gasteiger partial charge in [-0.05, 0) is 25.3 Å². The van der Waals surface area contributed by atoms with E-state index in [9.17, 15) is 9.59 Å². The molecule has 1 saturated heterocycles. The van der Waals surface area contributed by atoms with Gasteiger partial charge in [-0.25, -0.2) is 5.01 Å². The van der Waals surface area contributed by atoms with Crippen molar-refractivity contribution >= 4 is 17.5 Å². The molecule has 118 valence electrons. The van der Waals surface area contributed by atoms with Crippen molar-refractivity contribution in [2.75, 3.05) is 13.6 Å². The third kappa shape index (κ3) is 3.03. The molecule has 0 unspecified atom stereocenters. The highest BCUT2D eigenvalue weighted by molar-refractivity contribution is 6.39. The summed E-state index contributed by atoms with van der Waals surface area (Å²) in [5.74, 6) is -0.0699. The lowest BCUT2D eigenvalue weighted by molar-refractivity contribution is -0.131. The second-order valence-electron chi connectivity index (χ2n) is 5.84. The van der Waals surface area contributed by atoms with Crippen LogP contribution >= 0.6 is 0 Å². The zero-order chi connectivity index (χ0) is 15.5. The maximum absolute atomic E-state index is 12.8. The van der Waals surface area contributed by atoms with Gasteiger partial charge in [0.2, 0.25) is 5.91 Å². The standard InChI is InChI=1S/C15H21N5O2/c1-18-14(21)7-6-13(17-18)15(22)20-10-3-2-5-12(20)11-19-9-4-8-16-19/h4,8-9,12H,2-3,5-7,10-11H2,1H3/t12-/m0/s1. The van der Waals surface area contributed by atoms with E-state index in [0.717, 1.165) is 25.8 Å². The summed E-state index contributed by atoms with van der Waals surface area (Å²) < 4.78 is 1.87. The number of hydrogen-bond donors (Lipinski definition) is 0. The third-order valence-corrected chi connectivity index (χ3v) is 4.30. The van der Waals surface area contributed by atoms with Crippen molar-refractivity contribution in [2.24, 2.45) is 5.10 Å². The lowest BCUT2D eigenvalue weighted by Gasteiger charge is -2.36. The summed E-state index contributed by atoms with van der Waals surface area (Å²) in [6.07, 6.45) is 7.59. The Kier molecular flexibility index (Phi) is 4.22. The number of aromatic nitrogens is 2. The van der Waals surface area contributed by atoms with Gasteiger partial charge in [-0.1, -0.05) is 0 Å². The molecule has 0 N–H and O–H groups in total. The van der Waals surface area contributed by atoms with Gasteiger partial charge in [-0.2, -0.15) is 10.2 Å². The first-order valence-corrected chi connectivity index (χ1v) is 7.77. The van der Waals surface area contributed by atoms with Crippen molar-refractivity contribution in [3.05, 3.63) is 18.5 Å². The van der Waals surface area contributed by atoms with Crippen LogP contribution in [0.4, 0.5) is 0 Å². The summed E-state index contributed by atoms with van der Waals surface area (Å²) in [5, 5.41) is 9.67. The number of nitrogens with zero attached hydrogens (tertiary/aromatic N) is 5. The van der Waals surface area contributed by atoms with Crippen molar-refractivity contribution < 1.29 is 9.59 Å². The average Bonchev–Trinajstić information content (AvgIpc) is 3.03. The molecule has 3 heterocycles. The second-order valence-corrected chi connectivity index (χ2v) is 5.84. The van der Waals surface area contributed by atoms with Crippen molar-refractivity contribution in [2.45, 2.75) is 44.7 Å². The van der Waals surface area contributed by atoms with Crippen LogP contribution in [0.15, 0.2) is 23.6 Å². The molecule has 0 spiro atoms. The highest BCUT2D eigenvalue weighted by Gasteiger charge is 2.32. The fourth-order valence-corrected chi connectivity index (χ4v) is 3.07. The molecule has 3 rings (SSSR count). The molecule has 7 nitrogen and oxygen atoms in total. The molecule has 2 aliphatic rings. The molecule has 0 radical (unpaired) electrons. The van der Waals surface area contributed by atoms with Crippen LogP contribution < -0.4 is 0 Å². The second kappa shape index (κ2) is 6.29. The number of rotatable bonds is 3. The van der Waals surface area contributed by atoms with Gasteiger partial charge in [0.15, 0.2) is 0 Å². The summed E-state index contributed by atoms with van der Waals surface area (Å²) in [6.45, 7) is 1.46. The Morgan fingerprint density at radius 3 is 2.95 bits per heavy atom. The van der Waals surface area contributed by atoms with Crippen molar-refractivity contribution in [1.29, 1.82) is 0 Å². The number of carbonyl (C=O) groups excluding carboxylic acids is 2. The fourth-order valence-electron chi connectivity index (χ4n) is 3.07. The van der Waals surface area contributed by atoms with Gasteiger partial charge in [0.05, 0.1) is 12.6 Å². The molecule has 1 atom stereocenters. The van der Waals surface area contributed by atoms with E-state index in [4.69, 9.17) is 0 Å². The Hall–Kier alpha value is -2.18. The molecule has 0 bridgehead atoms. The number of hydrazone groups is 1. The predicted molar refractivity (Wildman–Crippen MR) is 81.0 cm³/mol. The largest absolute Gasteiger partial charge is 0.333 e. The summed E-state index contributed by atoms with van der Waals surface area (Å²) >= 11 is 0. The van der Waals surface area contributed by atoms with E-state index in [1.165, 1.54) is 5.01 Å². The topological polar surface area (TPSA) is 70.8 Å². The Morgan fingerprint density at radius 2 is 2.23 bits per heavy atom. The molecule has 1 aromatic heterocycles. The van der Waals surface area contributed by atoms with Gasteiger partial charge in [0.25, 0.3) is 5.91 Å². The Labute approximate surface area is 129 Å². The van der Waals surface area contributed by atoms with E-state index in [-0.39, 0.29) is 17.9 Å². The molecular formula is C15H21N5O2. The van der Waals surface area contributed by atoms with E-state index < -0.39 is 0 Å². The SMILES string of the molecule is CN1N=C(C(=O)N2CCCC[C@H]2Cn2cccn2)CCC1=O. The minimum absolute atomic E-state index is 0.0313. The van der Waals surface area contributed by atoms with E-state index in [1.54, 1.807) is 13.2 Å². The van der Waals surface area contributed by atoms with Crippen LogP contribution in [-0.2, 0) is 16.1 Å². The van der Waals surface area contributed by atoms with Crippen molar-refractivity contribution in [3.63, 3.8) is 0 Å². The van der Waals surface area contributed by atoms with Crippen molar-refractivity contribution in [1.82, 2.24) is 19.7 Å². The molecule has 2 aliphatic heterocycles. The Bertz CT molecular complexity index is 581. The smallest absolute Gasteiger partial charge is 0.270 e. The maximum Gasteiger partial charge on any atom is 0.270 e. The summed E-state index contributed by atoms with van der Waals surface area (Å²) in [7, 11) is 1.60. The third-order valence-electron chi connectivity index (χ3n) is 4.30. The van der Waals surface area contributed by atoms with Gasteiger partial charge in [0, 0.05) is 38.8 Å². The first-order valence-electron chi connectivity index (χ1n) is 7.77. The first kappa shape index (κ1) is 14.7. The van der Waals surface area contributed by atoms with E-state index >= 15 is 0 Å². The molecule has 0 aliphatic carbocycles. The quantitative estimate of drug-likeness (QED) is 0.832. The zero-order valence-corrected chi connectivity index (χ0v) is 12.8. The number of hydrogen-bond acceptors (Lipinski definition) is 4. The van der Waals surface area contributed by atoms with Crippen LogP contribution in [0.25, 0.3) is 0 Å². The van der Waals surface area contributed by atoms with Crippen LogP contribution in [0, 0.1) is 0 Å². The van der Waals surface area contributed by atoms with Gasteiger partial charge in [-0.3, -0.25) is 14.3 Å². The monoisotopic (exact) mass is 303 g/mol. The molecule has 22 heavy (non-hydrogen) atoms. The molecular weight excluding hydrogens is 282 g/mol. The van der Waals surface area contributed by atoms with E-state index in [0.29, 0.717) is 25.1 Å². The highest BCUT2D eigenvalue weighted by atomic mass is 16.2. The van der Waals surface area contributed by atoms with Crippen LogP contribution in [-0.4, -0.2) is 56.8 Å². The minimum atomic E-state index is -0.0386. The molecule has 7 heteroatoms. The Morgan fingerprint density at radius 1 is 1.36 bits per heavy atom. The fraction of sp³-hybridized carbons (Fsp3) is 0.600. The minimum Gasteiger partial charge on any atom is -0.333 e. The van der Waals surface area contributed by atoms with Gasteiger partial charge in [0.1, 0.15) is 5.71 Å². The zero-order valence-electron chi connectivity index (χ0n) is 12.8. The predicted octanol–water partition coefficient (Wildman–Crippen LogP) is 0.872. The first-order chi connectivity index (χ1) is 10.6. The molecule has 2 amide bonds. The van der Waals surface area contributed by atoms with Crippen LogP contribution in [0.5, 0.6) is 0 Å². The molecule has 1 fully saturated rings. The van der Waals surface area contributed by atoms with E-state index in [1.807, 2.05) is 21.8 Å². The lowest BCUT2D eigenvalue weighted by atomic mass is 10.0. The lowest BCUT2D eigenvalue weighted by Crippen LogP contribution is -2.49. The highest BCUT2D eigenvalue weighted by Crippen LogP contribution is 2.20. The number of likely N-dealkylation sites (tertiary alicyclic amines) is 1. The van der Waals surface area contributed by atoms with Crippen molar-refractivity contribution in [3.8, 4) is 0 Å².